The number of benzene rings is 3. The first-order chi connectivity index (χ1) is 12.6. The van der Waals surface area contributed by atoms with Gasteiger partial charge in [-0.05, 0) is 53.6 Å². The van der Waals surface area contributed by atoms with E-state index in [0.29, 0.717) is 29.7 Å². The highest BCUT2D eigenvalue weighted by atomic mass is 35.5. The molecule has 0 bridgehead atoms. The zero-order valence-corrected chi connectivity index (χ0v) is 15.5. The van der Waals surface area contributed by atoms with Crippen LogP contribution in [0.15, 0.2) is 66.7 Å². The van der Waals surface area contributed by atoms with Gasteiger partial charge in [0, 0.05) is 28.7 Å². The molecule has 0 aromatic heterocycles. The summed E-state index contributed by atoms with van der Waals surface area (Å²) in [4.78, 5) is 0. The monoisotopic (exact) mass is 389 g/mol. The SMILES string of the molecule is Fc1ccc(CNCc2cc(Cl)ccc2OCc2cccc(Cl)c2)cc1. The van der Waals surface area contributed by atoms with Crippen LogP contribution in [0.25, 0.3) is 0 Å². The van der Waals surface area contributed by atoms with E-state index < -0.39 is 0 Å². The van der Waals surface area contributed by atoms with Crippen LogP contribution >= 0.6 is 23.2 Å². The summed E-state index contributed by atoms with van der Waals surface area (Å²) in [5.41, 5.74) is 2.97. The van der Waals surface area contributed by atoms with Crippen LogP contribution in [0.3, 0.4) is 0 Å². The van der Waals surface area contributed by atoms with Crippen molar-refractivity contribution in [2.24, 2.45) is 0 Å². The molecular weight excluding hydrogens is 372 g/mol. The number of rotatable bonds is 7. The molecule has 0 amide bonds. The third-order valence-electron chi connectivity index (χ3n) is 3.86. The molecule has 0 heterocycles. The summed E-state index contributed by atoms with van der Waals surface area (Å²) in [7, 11) is 0. The fraction of sp³-hybridized carbons (Fsp3) is 0.143. The number of hydrogen-bond donors (Lipinski definition) is 1. The molecule has 0 radical (unpaired) electrons. The van der Waals surface area contributed by atoms with Gasteiger partial charge in [-0.1, -0.05) is 47.5 Å². The molecule has 1 N–H and O–H groups in total. The van der Waals surface area contributed by atoms with E-state index in [2.05, 4.69) is 5.32 Å². The van der Waals surface area contributed by atoms with Crippen LogP contribution in [-0.2, 0) is 19.7 Å². The lowest BCUT2D eigenvalue weighted by Gasteiger charge is -2.13. The highest BCUT2D eigenvalue weighted by molar-refractivity contribution is 6.30. The molecule has 0 fully saturated rings. The van der Waals surface area contributed by atoms with Gasteiger partial charge in [-0.15, -0.1) is 0 Å². The quantitative estimate of drug-likeness (QED) is 0.534. The van der Waals surface area contributed by atoms with E-state index in [4.69, 9.17) is 27.9 Å². The summed E-state index contributed by atoms with van der Waals surface area (Å²) >= 11 is 12.1. The first-order valence-corrected chi connectivity index (χ1v) is 8.96. The second-order valence-electron chi connectivity index (χ2n) is 5.90. The van der Waals surface area contributed by atoms with Gasteiger partial charge in [0.25, 0.3) is 0 Å². The zero-order chi connectivity index (χ0) is 18.4. The Bertz CT molecular complexity index is 868. The minimum Gasteiger partial charge on any atom is -0.489 e. The summed E-state index contributed by atoms with van der Waals surface area (Å²) in [5.74, 6) is 0.529. The number of hydrogen-bond acceptors (Lipinski definition) is 2. The fourth-order valence-electron chi connectivity index (χ4n) is 2.56. The molecule has 0 saturated carbocycles. The predicted molar refractivity (Wildman–Crippen MR) is 104 cm³/mol. The van der Waals surface area contributed by atoms with Crippen LogP contribution in [0.5, 0.6) is 5.75 Å². The average Bonchev–Trinajstić information content (AvgIpc) is 2.63. The van der Waals surface area contributed by atoms with Crippen LogP contribution in [0.4, 0.5) is 4.39 Å². The second-order valence-corrected chi connectivity index (χ2v) is 6.77. The Morgan fingerprint density at radius 2 is 1.58 bits per heavy atom. The van der Waals surface area contributed by atoms with Crippen LogP contribution in [0, 0.1) is 5.82 Å². The molecule has 2 nitrogen and oxygen atoms in total. The second kappa shape index (κ2) is 9.04. The van der Waals surface area contributed by atoms with Gasteiger partial charge < -0.3 is 10.1 Å². The van der Waals surface area contributed by atoms with E-state index in [9.17, 15) is 4.39 Å². The van der Waals surface area contributed by atoms with Crippen molar-refractivity contribution in [3.63, 3.8) is 0 Å². The molecule has 3 aromatic rings. The van der Waals surface area contributed by atoms with Crippen molar-refractivity contribution in [1.82, 2.24) is 5.32 Å². The number of halogens is 3. The number of nitrogens with one attached hydrogen (secondary N) is 1. The summed E-state index contributed by atoms with van der Waals surface area (Å²) in [6, 6.07) is 19.6. The van der Waals surface area contributed by atoms with Crippen LogP contribution in [-0.4, -0.2) is 0 Å². The Morgan fingerprint density at radius 1 is 0.808 bits per heavy atom. The van der Waals surface area contributed by atoms with Crippen molar-refractivity contribution in [2.75, 3.05) is 0 Å². The molecule has 0 aliphatic carbocycles. The molecule has 5 heteroatoms. The maximum absolute atomic E-state index is 13.0. The first kappa shape index (κ1) is 18.7. The molecule has 0 atom stereocenters. The van der Waals surface area contributed by atoms with Crippen LogP contribution in [0.2, 0.25) is 10.0 Å². The van der Waals surface area contributed by atoms with Gasteiger partial charge >= 0.3 is 0 Å². The summed E-state index contributed by atoms with van der Waals surface area (Å²) < 4.78 is 18.9. The highest BCUT2D eigenvalue weighted by Crippen LogP contribution is 2.24. The topological polar surface area (TPSA) is 21.3 Å². The van der Waals surface area contributed by atoms with Crippen molar-refractivity contribution < 1.29 is 9.13 Å². The largest absolute Gasteiger partial charge is 0.489 e. The molecule has 0 saturated heterocycles. The van der Waals surface area contributed by atoms with E-state index in [0.717, 1.165) is 22.4 Å². The minimum atomic E-state index is -0.236. The van der Waals surface area contributed by atoms with Gasteiger partial charge in [0.05, 0.1) is 0 Å². The molecule has 3 rings (SSSR count). The van der Waals surface area contributed by atoms with Crippen LogP contribution < -0.4 is 10.1 Å². The standard InChI is InChI=1S/C21H18Cl2FNO/c22-18-3-1-2-16(10-18)14-26-21-9-6-19(23)11-17(21)13-25-12-15-4-7-20(24)8-5-15/h1-11,25H,12-14H2. The van der Waals surface area contributed by atoms with E-state index in [1.54, 1.807) is 18.2 Å². The van der Waals surface area contributed by atoms with Gasteiger partial charge in [-0.25, -0.2) is 4.39 Å². The molecule has 0 aliphatic heterocycles. The Morgan fingerprint density at radius 3 is 2.35 bits per heavy atom. The van der Waals surface area contributed by atoms with Gasteiger partial charge in [-0.3, -0.25) is 0 Å². The first-order valence-electron chi connectivity index (χ1n) is 8.21. The van der Waals surface area contributed by atoms with Gasteiger partial charge in [-0.2, -0.15) is 0 Å². The molecular formula is C21H18Cl2FNO. The van der Waals surface area contributed by atoms with Crippen molar-refractivity contribution in [3.8, 4) is 5.75 Å². The molecule has 0 spiro atoms. The highest BCUT2D eigenvalue weighted by Gasteiger charge is 2.06. The van der Waals surface area contributed by atoms with Gasteiger partial charge in [0.2, 0.25) is 0 Å². The van der Waals surface area contributed by atoms with Crippen molar-refractivity contribution in [2.45, 2.75) is 19.7 Å². The predicted octanol–water partition coefficient (Wildman–Crippen LogP) is 6.00. The third kappa shape index (κ3) is 5.46. The van der Waals surface area contributed by atoms with Crippen molar-refractivity contribution in [3.05, 3.63) is 99.3 Å². The van der Waals surface area contributed by atoms with Gasteiger partial charge in [0.15, 0.2) is 0 Å². The molecule has 3 aromatic carbocycles. The third-order valence-corrected chi connectivity index (χ3v) is 4.33. The summed E-state index contributed by atoms with van der Waals surface area (Å²) in [5, 5.41) is 4.67. The lowest BCUT2D eigenvalue weighted by atomic mass is 10.1. The van der Waals surface area contributed by atoms with E-state index in [1.165, 1.54) is 12.1 Å². The fourth-order valence-corrected chi connectivity index (χ4v) is 2.97. The Labute approximate surface area is 162 Å². The normalized spacial score (nSPS) is 10.7. The molecule has 134 valence electrons. The summed E-state index contributed by atoms with van der Waals surface area (Å²) in [6.07, 6.45) is 0. The van der Waals surface area contributed by atoms with Gasteiger partial charge in [0.1, 0.15) is 18.2 Å². The lowest BCUT2D eigenvalue weighted by Crippen LogP contribution is -2.13. The number of ether oxygens (including phenoxy) is 1. The van der Waals surface area contributed by atoms with E-state index >= 15 is 0 Å². The molecule has 0 unspecified atom stereocenters. The molecule has 0 aliphatic rings. The molecule has 26 heavy (non-hydrogen) atoms. The smallest absolute Gasteiger partial charge is 0.124 e. The van der Waals surface area contributed by atoms with E-state index in [-0.39, 0.29) is 5.82 Å². The Balaban J connectivity index is 1.62. The zero-order valence-electron chi connectivity index (χ0n) is 14.0. The Hall–Kier alpha value is -2.07. The van der Waals surface area contributed by atoms with Crippen molar-refractivity contribution >= 4 is 23.2 Å². The minimum absolute atomic E-state index is 0.236. The Kier molecular flexibility index (Phi) is 6.51. The van der Waals surface area contributed by atoms with E-state index in [1.807, 2.05) is 36.4 Å². The average molecular weight is 390 g/mol. The maximum atomic E-state index is 13.0. The lowest BCUT2D eigenvalue weighted by molar-refractivity contribution is 0.302. The van der Waals surface area contributed by atoms with Crippen molar-refractivity contribution in [1.29, 1.82) is 0 Å². The summed E-state index contributed by atoms with van der Waals surface area (Å²) in [6.45, 7) is 1.64. The maximum Gasteiger partial charge on any atom is 0.124 e. The van der Waals surface area contributed by atoms with Crippen LogP contribution in [0.1, 0.15) is 16.7 Å².